The van der Waals surface area contributed by atoms with E-state index >= 15 is 0 Å². The summed E-state index contributed by atoms with van der Waals surface area (Å²) in [5.41, 5.74) is -4.52. The summed E-state index contributed by atoms with van der Waals surface area (Å²) in [6.07, 6.45) is 3.11. The molecule has 0 fully saturated rings. The Morgan fingerprint density at radius 3 is 2.57 bits per heavy atom. The van der Waals surface area contributed by atoms with Crippen LogP contribution < -0.4 is 9.62 Å². The second-order valence-electron chi connectivity index (χ2n) is 7.63. The Hall–Kier alpha value is -2.81. The van der Waals surface area contributed by atoms with Crippen molar-refractivity contribution in [3.8, 4) is 0 Å². The Morgan fingerprint density at radius 1 is 1.23 bits per heavy atom. The van der Waals surface area contributed by atoms with E-state index in [1.165, 1.54) is 12.1 Å². The van der Waals surface area contributed by atoms with Crippen LogP contribution in [0, 0.1) is 0 Å². The van der Waals surface area contributed by atoms with Gasteiger partial charge in [0.25, 0.3) is 5.13 Å². The van der Waals surface area contributed by atoms with Gasteiger partial charge in [-0.3, -0.25) is 4.72 Å². The maximum Gasteiger partial charge on any atom is 0.516 e. The zero-order valence-electron chi connectivity index (χ0n) is 19.3. The fourth-order valence-corrected chi connectivity index (χ4v) is 4.88. The number of nitrogens with one attached hydrogen (secondary N) is 1. The Morgan fingerprint density at radius 2 is 1.94 bits per heavy atom. The Labute approximate surface area is 204 Å². The number of hydrogen-bond donors (Lipinski definition) is 1. The minimum absolute atomic E-state index is 0.0472. The van der Waals surface area contributed by atoms with Crippen molar-refractivity contribution in [1.82, 2.24) is 10.2 Å². The third kappa shape index (κ3) is 6.07. The van der Waals surface area contributed by atoms with Crippen LogP contribution in [0.5, 0.6) is 0 Å². The molecule has 0 bridgehead atoms. The number of benzene rings is 1. The summed E-state index contributed by atoms with van der Waals surface area (Å²) in [5.74, 6) is -0.694. The summed E-state index contributed by atoms with van der Waals surface area (Å²) >= 11 is 0.778. The van der Waals surface area contributed by atoms with Gasteiger partial charge in [0, 0.05) is 18.3 Å². The predicted molar refractivity (Wildman–Crippen MR) is 125 cm³/mol. The standard InChI is InChI=1S/C20H25F3N6O4S2/c1-4-13(5-2)29-9-7-8-12-10-14(15(11-16(12)29)28-35(31,32)20(21,22)23)24-26-19-27-25-17(34-19)18(30)33-6-3/h10-11,13,28H,4-9H2,1-3H3. The lowest BCUT2D eigenvalue weighted by atomic mass is 9.97. The topological polar surface area (TPSA) is 126 Å². The van der Waals surface area contributed by atoms with Gasteiger partial charge >= 0.3 is 21.5 Å². The normalized spacial score (nSPS) is 14.4. The first-order valence-electron chi connectivity index (χ1n) is 11.0. The van der Waals surface area contributed by atoms with Crippen LogP contribution in [0.2, 0.25) is 0 Å². The van der Waals surface area contributed by atoms with Crippen molar-refractivity contribution in [2.24, 2.45) is 10.2 Å². The number of nitrogens with zero attached hydrogens (tertiary/aromatic N) is 5. The van der Waals surface area contributed by atoms with Crippen LogP contribution in [0.3, 0.4) is 0 Å². The van der Waals surface area contributed by atoms with E-state index in [1.54, 1.807) is 11.6 Å². The smallest absolute Gasteiger partial charge is 0.461 e. The summed E-state index contributed by atoms with van der Waals surface area (Å²) in [6.45, 7) is 6.51. The van der Waals surface area contributed by atoms with Crippen molar-refractivity contribution in [3.63, 3.8) is 0 Å². The monoisotopic (exact) mass is 534 g/mol. The van der Waals surface area contributed by atoms with Crippen molar-refractivity contribution in [1.29, 1.82) is 0 Å². The molecule has 0 amide bonds. The minimum atomic E-state index is -5.70. The van der Waals surface area contributed by atoms with Crippen LogP contribution in [-0.4, -0.2) is 49.3 Å². The number of carbonyl (C=O) groups is 1. The van der Waals surface area contributed by atoms with Crippen LogP contribution in [0.4, 0.5) is 35.4 Å². The summed E-state index contributed by atoms with van der Waals surface area (Å²) in [6, 6.07) is 3.04. The van der Waals surface area contributed by atoms with Crippen LogP contribution in [0.15, 0.2) is 22.4 Å². The first kappa shape index (κ1) is 26.8. The molecule has 0 saturated carbocycles. The number of alkyl halides is 3. The molecule has 2 aromatic rings. The molecule has 35 heavy (non-hydrogen) atoms. The van der Waals surface area contributed by atoms with E-state index in [4.69, 9.17) is 4.74 Å². The van der Waals surface area contributed by atoms with Gasteiger partial charge in [-0.25, -0.2) is 4.79 Å². The molecule has 1 aliphatic rings. The Balaban J connectivity index is 2.04. The number of rotatable bonds is 9. The lowest BCUT2D eigenvalue weighted by Crippen LogP contribution is -2.38. The number of sulfonamides is 1. The van der Waals surface area contributed by atoms with E-state index in [-0.39, 0.29) is 34.2 Å². The average Bonchev–Trinajstić information content (AvgIpc) is 3.27. The number of ether oxygens (including phenoxy) is 1. The fraction of sp³-hybridized carbons (Fsp3) is 0.550. The van der Waals surface area contributed by atoms with Crippen LogP contribution in [0.1, 0.15) is 55.4 Å². The van der Waals surface area contributed by atoms with E-state index in [2.05, 4.69) is 25.3 Å². The zero-order chi connectivity index (χ0) is 25.8. The summed E-state index contributed by atoms with van der Waals surface area (Å²) in [4.78, 5) is 13.8. The summed E-state index contributed by atoms with van der Waals surface area (Å²) in [7, 11) is -5.70. The molecule has 1 aromatic carbocycles. The van der Waals surface area contributed by atoms with Crippen LogP contribution in [-0.2, 0) is 21.2 Å². The largest absolute Gasteiger partial charge is 0.516 e. The number of esters is 1. The molecule has 10 nitrogen and oxygen atoms in total. The maximum absolute atomic E-state index is 13.1. The zero-order valence-corrected chi connectivity index (χ0v) is 20.9. The molecule has 1 aliphatic heterocycles. The number of halogens is 3. The van der Waals surface area contributed by atoms with Gasteiger partial charge < -0.3 is 9.64 Å². The first-order chi connectivity index (χ1) is 16.5. The van der Waals surface area contributed by atoms with E-state index in [0.29, 0.717) is 18.7 Å². The van der Waals surface area contributed by atoms with Gasteiger partial charge in [0.2, 0.25) is 5.01 Å². The number of hydrogen-bond acceptors (Lipinski definition) is 10. The Bertz CT molecular complexity index is 1200. The van der Waals surface area contributed by atoms with Crippen LogP contribution >= 0.6 is 11.3 Å². The SMILES string of the molecule is CCOC(=O)c1nnc(N=Nc2cc3c(cc2NS(=O)(=O)C(F)(F)F)N(C(CC)CC)CCC3)s1. The van der Waals surface area contributed by atoms with Crippen LogP contribution in [0.25, 0.3) is 0 Å². The molecule has 0 spiro atoms. The third-order valence-corrected chi connectivity index (χ3v) is 7.28. The van der Waals surface area contributed by atoms with Crippen molar-refractivity contribution in [2.75, 3.05) is 22.8 Å². The lowest BCUT2D eigenvalue weighted by Gasteiger charge is -2.38. The lowest BCUT2D eigenvalue weighted by molar-refractivity contribution is -0.0429. The summed E-state index contributed by atoms with van der Waals surface area (Å²) < 4.78 is 69.6. The van der Waals surface area contributed by atoms with E-state index < -0.39 is 21.5 Å². The summed E-state index contributed by atoms with van der Waals surface area (Å²) in [5, 5.41) is 15.1. The molecule has 0 unspecified atom stereocenters. The Kier molecular flexibility index (Phi) is 8.30. The van der Waals surface area contributed by atoms with Gasteiger partial charge in [-0.1, -0.05) is 25.2 Å². The van der Waals surface area contributed by atoms with Crippen molar-refractivity contribution in [3.05, 3.63) is 22.7 Å². The molecule has 3 rings (SSSR count). The number of fused-ring (bicyclic) bond motifs is 1. The van der Waals surface area contributed by atoms with Gasteiger partial charge in [0.05, 0.1) is 12.3 Å². The third-order valence-electron chi connectivity index (χ3n) is 5.39. The molecule has 0 radical (unpaired) electrons. The van der Waals surface area contributed by atoms with E-state index in [0.717, 1.165) is 36.2 Å². The van der Waals surface area contributed by atoms with Crippen molar-refractivity contribution < 1.29 is 31.1 Å². The number of aromatic nitrogens is 2. The number of aryl methyl sites for hydroxylation is 1. The van der Waals surface area contributed by atoms with Gasteiger partial charge in [0.15, 0.2) is 0 Å². The quantitative estimate of drug-likeness (QED) is 0.340. The molecule has 0 atom stereocenters. The van der Waals surface area contributed by atoms with Gasteiger partial charge in [0.1, 0.15) is 5.69 Å². The van der Waals surface area contributed by atoms with E-state index in [9.17, 15) is 26.4 Å². The molecular formula is C20H25F3N6O4S2. The molecule has 0 saturated heterocycles. The van der Waals surface area contributed by atoms with E-state index in [1.807, 2.05) is 13.8 Å². The number of carbonyl (C=O) groups excluding carboxylic acids is 1. The highest BCUT2D eigenvalue weighted by molar-refractivity contribution is 7.93. The molecule has 15 heteroatoms. The average molecular weight is 535 g/mol. The highest BCUT2D eigenvalue weighted by atomic mass is 32.2. The molecular weight excluding hydrogens is 509 g/mol. The molecule has 2 heterocycles. The predicted octanol–water partition coefficient (Wildman–Crippen LogP) is 5.33. The maximum atomic E-state index is 13.1. The van der Waals surface area contributed by atoms with Gasteiger partial charge in [-0.05, 0) is 50.3 Å². The number of azo groups is 1. The van der Waals surface area contributed by atoms with Gasteiger partial charge in [-0.2, -0.15) is 21.6 Å². The first-order valence-corrected chi connectivity index (χ1v) is 13.3. The molecule has 1 aromatic heterocycles. The van der Waals surface area contributed by atoms with Gasteiger partial charge in [-0.15, -0.1) is 20.4 Å². The fourth-order valence-electron chi connectivity index (χ4n) is 3.75. The number of anilines is 2. The highest BCUT2D eigenvalue weighted by Crippen LogP contribution is 2.40. The molecule has 0 aliphatic carbocycles. The van der Waals surface area contributed by atoms with Crippen molar-refractivity contribution in [2.45, 2.75) is 58.0 Å². The minimum Gasteiger partial charge on any atom is -0.461 e. The molecule has 1 N–H and O–H groups in total. The second-order valence-corrected chi connectivity index (χ2v) is 10.3. The second kappa shape index (κ2) is 10.8. The van der Waals surface area contributed by atoms with Crippen molar-refractivity contribution >= 4 is 49.5 Å². The molecule has 192 valence electrons. The highest BCUT2D eigenvalue weighted by Gasteiger charge is 2.46.